The van der Waals surface area contributed by atoms with Crippen LogP contribution in [0.5, 0.6) is 0 Å². The molecule has 0 unspecified atom stereocenters. The number of thiophene rings is 1. The molecule has 1 aromatic rings. The number of ether oxygens (including phenoxy) is 1. The lowest BCUT2D eigenvalue weighted by Crippen LogP contribution is -2.12. The van der Waals surface area contributed by atoms with E-state index in [2.05, 4.69) is 18.4 Å². The summed E-state index contributed by atoms with van der Waals surface area (Å²) in [5.41, 5.74) is 1.51. The number of hydrogen-bond acceptors (Lipinski definition) is 2. The number of rotatable bonds is 1. The summed E-state index contributed by atoms with van der Waals surface area (Å²) in [5, 5.41) is 2.17. The Morgan fingerprint density at radius 2 is 2.64 bits per heavy atom. The molecule has 0 aromatic carbocycles. The topological polar surface area (TPSA) is 9.23 Å². The summed E-state index contributed by atoms with van der Waals surface area (Å²) < 4.78 is 5.62. The average molecular weight is 168 g/mol. The maximum atomic E-state index is 5.62. The van der Waals surface area contributed by atoms with Crippen molar-refractivity contribution in [3.63, 3.8) is 0 Å². The van der Waals surface area contributed by atoms with Crippen LogP contribution in [-0.4, -0.2) is 6.61 Å². The number of fused-ring (bicyclic) bond motifs is 1. The molecule has 0 saturated heterocycles. The summed E-state index contributed by atoms with van der Waals surface area (Å²) >= 11 is 1.83. The molecule has 2 heteroatoms. The fraction of sp³-hybridized carbons (Fsp3) is 0.556. The monoisotopic (exact) mass is 168 g/mol. The van der Waals surface area contributed by atoms with Crippen LogP contribution in [0.2, 0.25) is 0 Å². The van der Waals surface area contributed by atoms with Gasteiger partial charge < -0.3 is 4.74 Å². The van der Waals surface area contributed by atoms with Gasteiger partial charge in [-0.05, 0) is 29.9 Å². The van der Waals surface area contributed by atoms with E-state index in [-0.39, 0.29) is 0 Å². The molecule has 0 amide bonds. The van der Waals surface area contributed by atoms with E-state index in [1.165, 1.54) is 10.4 Å². The Bertz CT molecular complexity index is 241. The quantitative estimate of drug-likeness (QED) is 0.626. The van der Waals surface area contributed by atoms with Crippen molar-refractivity contribution >= 4 is 11.3 Å². The molecule has 1 atom stereocenters. The molecule has 0 N–H and O–H groups in total. The van der Waals surface area contributed by atoms with Crippen LogP contribution in [0.3, 0.4) is 0 Å². The summed E-state index contributed by atoms with van der Waals surface area (Å²) in [6, 6.07) is 2.23. The lowest BCUT2D eigenvalue weighted by molar-refractivity contribution is 0.0430. The van der Waals surface area contributed by atoms with Crippen LogP contribution in [-0.2, 0) is 11.2 Å². The van der Waals surface area contributed by atoms with E-state index < -0.39 is 0 Å². The van der Waals surface area contributed by atoms with Crippen LogP contribution in [0, 0.1) is 0 Å². The van der Waals surface area contributed by atoms with Crippen molar-refractivity contribution in [2.75, 3.05) is 6.61 Å². The molecule has 11 heavy (non-hydrogen) atoms. The zero-order valence-corrected chi connectivity index (χ0v) is 7.49. The van der Waals surface area contributed by atoms with Crippen LogP contribution < -0.4 is 0 Å². The third kappa shape index (κ3) is 1.21. The van der Waals surface area contributed by atoms with E-state index in [1.807, 2.05) is 11.3 Å². The third-order valence-corrected chi connectivity index (χ3v) is 3.19. The normalized spacial score (nSPS) is 23.2. The van der Waals surface area contributed by atoms with Gasteiger partial charge in [0, 0.05) is 4.88 Å². The molecular weight excluding hydrogens is 156 g/mol. The average Bonchev–Trinajstić information content (AvgIpc) is 2.50. The smallest absolute Gasteiger partial charge is 0.0917 e. The first kappa shape index (κ1) is 7.32. The van der Waals surface area contributed by atoms with Gasteiger partial charge in [-0.15, -0.1) is 11.3 Å². The van der Waals surface area contributed by atoms with E-state index in [9.17, 15) is 0 Å². The van der Waals surface area contributed by atoms with Crippen LogP contribution in [0.25, 0.3) is 0 Å². The van der Waals surface area contributed by atoms with Crippen molar-refractivity contribution in [1.29, 1.82) is 0 Å². The summed E-state index contributed by atoms with van der Waals surface area (Å²) in [5.74, 6) is 0. The molecular formula is C9H12OS. The molecule has 0 fully saturated rings. The van der Waals surface area contributed by atoms with Gasteiger partial charge in [-0.1, -0.05) is 6.92 Å². The summed E-state index contributed by atoms with van der Waals surface area (Å²) in [6.07, 6.45) is 2.60. The standard InChI is InChI=1S/C9H12OS/c1-2-8-9-7(3-5-10-8)4-6-11-9/h4,6,8H,2-3,5H2,1H3/t8-/m0/s1. The van der Waals surface area contributed by atoms with Gasteiger partial charge in [-0.25, -0.2) is 0 Å². The molecule has 0 spiro atoms. The summed E-state index contributed by atoms with van der Waals surface area (Å²) in [6.45, 7) is 3.09. The third-order valence-electron chi connectivity index (χ3n) is 2.13. The highest BCUT2D eigenvalue weighted by Crippen LogP contribution is 2.33. The van der Waals surface area contributed by atoms with Crippen LogP contribution in [0.4, 0.5) is 0 Å². The first-order valence-corrected chi connectivity index (χ1v) is 4.97. The van der Waals surface area contributed by atoms with E-state index >= 15 is 0 Å². The first-order valence-electron chi connectivity index (χ1n) is 4.09. The van der Waals surface area contributed by atoms with Gasteiger partial charge in [0.1, 0.15) is 0 Å². The molecule has 1 aliphatic heterocycles. The fourth-order valence-corrected chi connectivity index (χ4v) is 2.61. The highest BCUT2D eigenvalue weighted by Gasteiger charge is 2.19. The van der Waals surface area contributed by atoms with Crippen LogP contribution in [0.1, 0.15) is 29.9 Å². The Kier molecular flexibility index (Phi) is 1.96. The Morgan fingerprint density at radius 1 is 1.73 bits per heavy atom. The molecule has 0 radical (unpaired) electrons. The highest BCUT2D eigenvalue weighted by molar-refractivity contribution is 7.10. The highest BCUT2D eigenvalue weighted by atomic mass is 32.1. The van der Waals surface area contributed by atoms with Gasteiger partial charge in [0.25, 0.3) is 0 Å². The van der Waals surface area contributed by atoms with Gasteiger partial charge in [0.15, 0.2) is 0 Å². The second-order valence-electron chi connectivity index (χ2n) is 2.83. The Morgan fingerprint density at radius 3 is 3.45 bits per heavy atom. The van der Waals surface area contributed by atoms with Gasteiger partial charge in [0.2, 0.25) is 0 Å². The van der Waals surface area contributed by atoms with Crippen molar-refractivity contribution in [1.82, 2.24) is 0 Å². The van der Waals surface area contributed by atoms with Crippen molar-refractivity contribution in [3.05, 3.63) is 21.9 Å². The molecule has 60 valence electrons. The van der Waals surface area contributed by atoms with E-state index in [0.717, 1.165) is 19.4 Å². The molecule has 1 nitrogen and oxygen atoms in total. The molecule has 0 saturated carbocycles. The molecule has 2 heterocycles. The lowest BCUT2D eigenvalue weighted by Gasteiger charge is -2.21. The largest absolute Gasteiger partial charge is 0.372 e. The molecule has 2 rings (SSSR count). The van der Waals surface area contributed by atoms with Gasteiger partial charge in [-0.3, -0.25) is 0 Å². The molecule has 0 bridgehead atoms. The van der Waals surface area contributed by atoms with Crippen molar-refractivity contribution in [2.45, 2.75) is 25.9 Å². The lowest BCUT2D eigenvalue weighted by atomic mass is 10.1. The van der Waals surface area contributed by atoms with Crippen molar-refractivity contribution in [3.8, 4) is 0 Å². The van der Waals surface area contributed by atoms with Crippen molar-refractivity contribution in [2.24, 2.45) is 0 Å². The second-order valence-corrected chi connectivity index (χ2v) is 3.78. The summed E-state index contributed by atoms with van der Waals surface area (Å²) in [4.78, 5) is 1.46. The minimum atomic E-state index is 0.388. The predicted molar refractivity (Wildman–Crippen MR) is 47.0 cm³/mol. The number of hydrogen-bond donors (Lipinski definition) is 0. The van der Waals surface area contributed by atoms with Gasteiger partial charge >= 0.3 is 0 Å². The molecule has 1 aliphatic rings. The zero-order chi connectivity index (χ0) is 7.68. The minimum Gasteiger partial charge on any atom is -0.372 e. The maximum Gasteiger partial charge on any atom is 0.0917 e. The minimum absolute atomic E-state index is 0.388. The second kappa shape index (κ2) is 2.95. The molecule has 1 aromatic heterocycles. The van der Waals surface area contributed by atoms with E-state index in [1.54, 1.807) is 0 Å². The van der Waals surface area contributed by atoms with Crippen LogP contribution >= 0.6 is 11.3 Å². The van der Waals surface area contributed by atoms with Crippen molar-refractivity contribution < 1.29 is 4.74 Å². The van der Waals surface area contributed by atoms with Gasteiger partial charge in [-0.2, -0.15) is 0 Å². The zero-order valence-electron chi connectivity index (χ0n) is 6.67. The van der Waals surface area contributed by atoms with E-state index in [4.69, 9.17) is 4.74 Å². The Balaban J connectivity index is 2.32. The molecule has 0 aliphatic carbocycles. The maximum absolute atomic E-state index is 5.62. The Hall–Kier alpha value is -0.340. The van der Waals surface area contributed by atoms with E-state index in [0.29, 0.717) is 6.10 Å². The first-order chi connectivity index (χ1) is 5.42. The summed E-state index contributed by atoms with van der Waals surface area (Å²) in [7, 11) is 0. The predicted octanol–water partition coefficient (Wildman–Crippen LogP) is 2.77. The fourth-order valence-electron chi connectivity index (χ4n) is 1.53. The van der Waals surface area contributed by atoms with Gasteiger partial charge in [0.05, 0.1) is 12.7 Å². The Labute approximate surface area is 71.0 Å². The SMILES string of the molecule is CC[C@@H]1OCCc2ccsc21. The van der Waals surface area contributed by atoms with Crippen LogP contribution in [0.15, 0.2) is 11.4 Å².